The molecule has 5 heteroatoms. The fraction of sp³-hybridized carbons (Fsp3) is 0.375. The average molecular weight is 186 g/mol. The Labute approximate surface area is 75.0 Å². The number of aliphatic hydroxyl groups excluding tert-OH is 2. The van der Waals surface area contributed by atoms with Gasteiger partial charge in [-0.2, -0.15) is 0 Å². The highest BCUT2D eigenvalue weighted by Gasteiger charge is 2.05. The minimum absolute atomic E-state index is 0.199. The molecule has 4 nitrogen and oxygen atoms in total. The van der Waals surface area contributed by atoms with Crippen LogP contribution in [0.25, 0.3) is 0 Å². The molecule has 1 rings (SSSR count). The number of aliphatic hydroxyl groups is 2. The highest BCUT2D eigenvalue weighted by atomic mass is 19.1. The summed E-state index contributed by atoms with van der Waals surface area (Å²) in [5.74, 6) is 0.00426. The predicted octanol–water partition coefficient (Wildman–Crippen LogP) is -0.0142. The van der Waals surface area contributed by atoms with Gasteiger partial charge in [-0.1, -0.05) is 0 Å². The van der Waals surface area contributed by atoms with E-state index in [1.54, 1.807) is 0 Å². The van der Waals surface area contributed by atoms with Crippen molar-refractivity contribution < 1.29 is 14.6 Å². The number of halogens is 1. The van der Waals surface area contributed by atoms with Crippen LogP contribution in [0.1, 0.15) is 0 Å². The molecular weight excluding hydrogens is 175 g/mol. The molecule has 1 aromatic rings. The molecule has 0 atom stereocenters. The van der Waals surface area contributed by atoms with Crippen LogP contribution in [0.5, 0.6) is 0 Å². The molecule has 0 aliphatic rings. The van der Waals surface area contributed by atoms with Crippen LogP contribution in [-0.2, 0) is 0 Å². The summed E-state index contributed by atoms with van der Waals surface area (Å²) in [6.45, 7) is -0.398. The number of hydrogen-bond donors (Lipinski definition) is 3. The monoisotopic (exact) mass is 186 g/mol. The molecule has 0 aliphatic carbocycles. The summed E-state index contributed by atoms with van der Waals surface area (Å²) >= 11 is 0. The third kappa shape index (κ3) is 2.96. The molecule has 0 amide bonds. The zero-order valence-corrected chi connectivity index (χ0v) is 6.94. The lowest BCUT2D eigenvalue weighted by molar-refractivity contribution is 0.203. The molecular formula is C8H11FN2O2. The molecule has 3 N–H and O–H groups in total. The van der Waals surface area contributed by atoms with E-state index in [0.29, 0.717) is 5.82 Å². The van der Waals surface area contributed by atoms with E-state index in [4.69, 9.17) is 10.2 Å². The first kappa shape index (κ1) is 9.88. The maximum absolute atomic E-state index is 12.4. The van der Waals surface area contributed by atoms with Gasteiger partial charge in [0.2, 0.25) is 0 Å². The highest BCUT2D eigenvalue weighted by Crippen LogP contribution is 2.04. The predicted molar refractivity (Wildman–Crippen MR) is 45.8 cm³/mol. The zero-order chi connectivity index (χ0) is 9.68. The van der Waals surface area contributed by atoms with Crippen molar-refractivity contribution in [3.05, 3.63) is 24.1 Å². The van der Waals surface area contributed by atoms with Crippen molar-refractivity contribution in [2.24, 2.45) is 0 Å². The van der Waals surface area contributed by atoms with E-state index in [2.05, 4.69) is 10.3 Å². The van der Waals surface area contributed by atoms with Crippen molar-refractivity contribution in [3.63, 3.8) is 0 Å². The van der Waals surface area contributed by atoms with Crippen molar-refractivity contribution in [2.75, 3.05) is 18.5 Å². The van der Waals surface area contributed by atoms with Crippen LogP contribution < -0.4 is 5.32 Å². The second kappa shape index (κ2) is 4.74. The molecule has 0 aliphatic heterocycles. The quantitative estimate of drug-likeness (QED) is 0.618. The number of hydrogen-bond acceptors (Lipinski definition) is 4. The normalized spacial score (nSPS) is 10.5. The summed E-state index contributed by atoms with van der Waals surface area (Å²) in [4.78, 5) is 3.71. The van der Waals surface area contributed by atoms with Crippen LogP contribution in [-0.4, -0.2) is 34.5 Å². The summed E-state index contributed by atoms with van der Waals surface area (Å²) in [6.07, 6.45) is 1.06. The number of anilines is 1. The van der Waals surface area contributed by atoms with Crippen LogP contribution >= 0.6 is 0 Å². The zero-order valence-electron chi connectivity index (χ0n) is 6.94. The van der Waals surface area contributed by atoms with Crippen molar-refractivity contribution in [3.8, 4) is 0 Å². The van der Waals surface area contributed by atoms with Crippen molar-refractivity contribution in [2.45, 2.75) is 6.04 Å². The lowest BCUT2D eigenvalue weighted by Gasteiger charge is -2.13. The van der Waals surface area contributed by atoms with E-state index in [9.17, 15) is 4.39 Å². The minimum Gasteiger partial charge on any atom is -0.394 e. The van der Waals surface area contributed by atoms with E-state index in [1.807, 2.05) is 0 Å². The number of rotatable bonds is 4. The number of aromatic nitrogens is 1. The van der Waals surface area contributed by atoms with Gasteiger partial charge in [-0.25, -0.2) is 9.37 Å². The van der Waals surface area contributed by atoms with Crippen molar-refractivity contribution in [1.82, 2.24) is 4.98 Å². The van der Waals surface area contributed by atoms with Crippen molar-refractivity contribution in [1.29, 1.82) is 0 Å². The Balaban J connectivity index is 2.58. The van der Waals surface area contributed by atoms with Gasteiger partial charge in [-0.05, 0) is 12.1 Å². The number of nitrogens with one attached hydrogen (secondary N) is 1. The lowest BCUT2D eigenvalue weighted by atomic mass is 10.3. The lowest BCUT2D eigenvalue weighted by Crippen LogP contribution is -2.28. The molecule has 0 saturated carbocycles. The molecule has 0 spiro atoms. The topological polar surface area (TPSA) is 65.4 Å². The second-order valence-electron chi connectivity index (χ2n) is 2.57. The van der Waals surface area contributed by atoms with Gasteiger partial charge in [0, 0.05) is 0 Å². The van der Waals surface area contributed by atoms with Gasteiger partial charge in [0.1, 0.15) is 11.6 Å². The molecule has 13 heavy (non-hydrogen) atoms. The van der Waals surface area contributed by atoms with E-state index in [1.165, 1.54) is 12.1 Å². The Bertz CT molecular complexity index is 249. The molecule has 72 valence electrons. The Hall–Kier alpha value is -1.20. The molecule has 0 fully saturated rings. The Kier molecular flexibility index (Phi) is 3.60. The Morgan fingerprint density at radius 1 is 1.38 bits per heavy atom. The third-order valence-electron chi connectivity index (χ3n) is 1.52. The Morgan fingerprint density at radius 2 is 2.08 bits per heavy atom. The van der Waals surface area contributed by atoms with Crippen LogP contribution in [0, 0.1) is 5.82 Å². The first-order chi connectivity index (χ1) is 6.26. The summed E-state index contributed by atoms with van der Waals surface area (Å²) in [7, 11) is 0. The van der Waals surface area contributed by atoms with Crippen LogP contribution in [0.2, 0.25) is 0 Å². The first-order valence-corrected chi connectivity index (χ1v) is 3.86. The fourth-order valence-electron chi connectivity index (χ4n) is 0.819. The van der Waals surface area contributed by atoms with Crippen LogP contribution in [0.4, 0.5) is 10.2 Å². The van der Waals surface area contributed by atoms with Gasteiger partial charge in [0.15, 0.2) is 0 Å². The number of nitrogens with zero attached hydrogens (tertiary/aromatic N) is 1. The number of pyridine rings is 1. The van der Waals surface area contributed by atoms with E-state index < -0.39 is 11.9 Å². The van der Waals surface area contributed by atoms with E-state index in [0.717, 1.165) is 6.20 Å². The summed E-state index contributed by atoms with van der Waals surface area (Å²) in [6, 6.07) is 2.23. The van der Waals surface area contributed by atoms with Gasteiger partial charge in [0.05, 0.1) is 25.5 Å². The summed E-state index contributed by atoms with van der Waals surface area (Å²) in [5, 5.41) is 20.2. The van der Waals surface area contributed by atoms with Gasteiger partial charge in [-0.3, -0.25) is 0 Å². The van der Waals surface area contributed by atoms with Gasteiger partial charge < -0.3 is 15.5 Å². The molecule has 0 aromatic carbocycles. The molecule has 1 aromatic heterocycles. The molecule has 1 heterocycles. The van der Waals surface area contributed by atoms with Gasteiger partial charge in [0.25, 0.3) is 0 Å². The summed E-state index contributed by atoms with van der Waals surface area (Å²) < 4.78 is 12.4. The molecule has 0 saturated heterocycles. The third-order valence-corrected chi connectivity index (χ3v) is 1.52. The van der Waals surface area contributed by atoms with Gasteiger partial charge >= 0.3 is 0 Å². The largest absolute Gasteiger partial charge is 0.394 e. The fourth-order valence-corrected chi connectivity index (χ4v) is 0.819. The van der Waals surface area contributed by atoms with Crippen molar-refractivity contribution >= 4 is 5.82 Å². The minimum atomic E-state index is -0.460. The SMILES string of the molecule is OCC(CO)Nc1ccc(F)cn1. The molecule has 0 unspecified atom stereocenters. The molecule has 0 bridgehead atoms. The van der Waals surface area contributed by atoms with Crippen LogP contribution in [0.15, 0.2) is 18.3 Å². The van der Waals surface area contributed by atoms with E-state index in [-0.39, 0.29) is 13.2 Å². The van der Waals surface area contributed by atoms with Gasteiger partial charge in [-0.15, -0.1) is 0 Å². The average Bonchev–Trinajstić information content (AvgIpc) is 2.17. The maximum Gasteiger partial charge on any atom is 0.141 e. The maximum atomic E-state index is 12.4. The van der Waals surface area contributed by atoms with Crippen LogP contribution in [0.3, 0.4) is 0 Å². The summed E-state index contributed by atoms with van der Waals surface area (Å²) in [5.41, 5.74) is 0. The Morgan fingerprint density at radius 3 is 2.54 bits per heavy atom. The smallest absolute Gasteiger partial charge is 0.141 e. The second-order valence-corrected chi connectivity index (χ2v) is 2.57. The molecule has 0 radical (unpaired) electrons. The standard InChI is InChI=1S/C8H11FN2O2/c9-6-1-2-8(10-3-6)11-7(4-12)5-13/h1-3,7,12-13H,4-5H2,(H,10,11). The first-order valence-electron chi connectivity index (χ1n) is 3.86. The highest BCUT2D eigenvalue weighted by molar-refractivity contribution is 5.34. The van der Waals surface area contributed by atoms with E-state index >= 15 is 0 Å².